The smallest absolute Gasteiger partial charge is 0.336 e. The van der Waals surface area contributed by atoms with Crippen LogP contribution in [0.15, 0.2) is 42.5 Å². The van der Waals surface area contributed by atoms with Gasteiger partial charge in [-0.1, -0.05) is 58.0 Å². The minimum atomic E-state index is -1.07. The van der Waals surface area contributed by atoms with Gasteiger partial charge in [-0.3, -0.25) is 9.36 Å². The van der Waals surface area contributed by atoms with Crippen molar-refractivity contribution in [3.05, 3.63) is 70.8 Å². The van der Waals surface area contributed by atoms with Crippen molar-refractivity contribution in [2.24, 2.45) is 5.92 Å². The second-order valence-corrected chi connectivity index (χ2v) is 10.2. The molecule has 0 saturated heterocycles. The molecule has 3 aromatic rings. The number of thiol groups is 1. The topological polar surface area (TPSA) is 93.5 Å². The predicted molar refractivity (Wildman–Crippen MR) is 149 cm³/mol. The van der Waals surface area contributed by atoms with E-state index in [-0.39, 0.29) is 24.6 Å². The summed E-state index contributed by atoms with van der Waals surface area (Å²) in [5, 5.41) is 12.0. The molecule has 0 bridgehead atoms. The van der Waals surface area contributed by atoms with E-state index >= 15 is 4.39 Å². The van der Waals surface area contributed by atoms with E-state index in [4.69, 9.17) is 4.74 Å². The number of nitrogens with one attached hydrogen (secondary N) is 1. The minimum Gasteiger partial charge on any atom is -0.478 e. The number of hydrogen-bond donors (Lipinski definition) is 3. The van der Waals surface area contributed by atoms with Crippen molar-refractivity contribution >= 4 is 24.5 Å². The minimum absolute atomic E-state index is 0.107. The maximum absolute atomic E-state index is 15.4. The Morgan fingerprint density at radius 2 is 1.92 bits per heavy atom. The molecular weight excluding hydrogens is 505 g/mol. The number of carboxylic acid groups (broad SMARTS) is 1. The number of ether oxygens (including phenoxy) is 1. The highest BCUT2D eigenvalue weighted by molar-refractivity contribution is 7.81. The Morgan fingerprint density at radius 1 is 1.18 bits per heavy atom. The Balaban J connectivity index is 1.94. The molecule has 7 nitrogen and oxygen atoms in total. The largest absolute Gasteiger partial charge is 0.478 e. The van der Waals surface area contributed by atoms with Crippen LogP contribution in [0.4, 0.5) is 4.39 Å². The van der Waals surface area contributed by atoms with Crippen LogP contribution in [0.25, 0.3) is 11.1 Å². The molecule has 0 fully saturated rings. The lowest BCUT2D eigenvalue weighted by atomic mass is 9.98. The number of carboxylic acids is 1. The van der Waals surface area contributed by atoms with E-state index in [1.54, 1.807) is 34.9 Å². The third kappa shape index (κ3) is 7.16. The molecule has 1 heterocycles. The molecule has 9 heteroatoms. The second-order valence-electron chi connectivity index (χ2n) is 9.60. The molecule has 2 aromatic carbocycles. The molecule has 1 atom stereocenters. The highest BCUT2D eigenvalue weighted by Gasteiger charge is 2.22. The number of aryl methyl sites for hydroxylation is 1. The summed E-state index contributed by atoms with van der Waals surface area (Å²) in [6, 6.07) is 11.6. The number of aromatic carboxylic acids is 1. The molecule has 1 amide bonds. The van der Waals surface area contributed by atoms with E-state index in [0.717, 1.165) is 17.8 Å². The SMILES string of the molecule is CCCOc1nc(CC)c(CNC(=O)C(S)CC(C)C)n1Cc1ccc(-c2ccccc2C(=O)O)cc1F. The first-order chi connectivity index (χ1) is 18.2. The first-order valence-corrected chi connectivity index (χ1v) is 13.5. The number of nitrogens with zero attached hydrogens (tertiary/aromatic N) is 2. The Bertz CT molecular complexity index is 1270. The second kappa shape index (κ2) is 13.5. The Morgan fingerprint density at radius 3 is 2.55 bits per heavy atom. The molecule has 3 rings (SSSR count). The van der Waals surface area contributed by atoms with Gasteiger partial charge in [-0.2, -0.15) is 17.6 Å². The normalized spacial score (nSPS) is 12.0. The van der Waals surface area contributed by atoms with Crippen LogP contribution in [0.3, 0.4) is 0 Å². The van der Waals surface area contributed by atoms with Crippen molar-refractivity contribution in [1.29, 1.82) is 0 Å². The van der Waals surface area contributed by atoms with Crippen LogP contribution in [-0.4, -0.2) is 38.4 Å². The molecule has 0 saturated carbocycles. The first kappa shape index (κ1) is 29.2. The van der Waals surface area contributed by atoms with Crippen molar-refractivity contribution in [2.45, 2.75) is 65.3 Å². The van der Waals surface area contributed by atoms with Gasteiger partial charge in [0.25, 0.3) is 6.01 Å². The molecule has 0 aliphatic carbocycles. The monoisotopic (exact) mass is 541 g/mol. The standard InChI is InChI=1S/C29H36FN3O4S/c1-5-13-37-29-32-24(6-2)25(16-31-27(34)26(38)14-18(3)4)33(29)17-20-12-11-19(15-23(20)30)21-9-7-8-10-22(21)28(35)36/h7-12,15,18,26,38H,5-6,13-14,16-17H2,1-4H3,(H,31,34)(H,35,36). The van der Waals surface area contributed by atoms with E-state index in [0.29, 0.717) is 48.1 Å². The lowest BCUT2D eigenvalue weighted by Crippen LogP contribution is -2.32. The maximum atomic E-state index is 15.4. The van der Waals surface area contributed by atoms with Gasteiger partial charge in [0.2, 0.25) is 5.91 Å². The van der Waals surface area contributed by atoms with Crippen LogP contribution in [0, 0.1) is 11.7 Å². The van der Waals surface area contributed by atoms with Gasteiger partial charge in [0, 0.05) is 5.56 Å². The van der Waals surface area contributed by atoms with E-state index in [9.17, 15) is 14.7 Å². The van der Waals surface area contributed by atoms with Crippen LogP contribution >= 0.6 is 12.6 Å². The summed E-state index contributed by atoms with van der Waals surface area (Å²) < 4.78 is 23.1. The molecule has 0 radical (unpaired) electrons. The number of benzene rings is 2. The van der Waals surface area contributed by atoms with Crippen molar-refractivity contribution in [1.82, 2.24) is 14.9 Å². The number of halogens is 1. The molecule has 2 N–H and O–H groups in total. The number of amides is 1. The number of carbonyl (C=O) groups excluding carboxylic acids is 1. The fraction of sp³-hybridized carbons (Fsp3) is 0.414. The number of hydrogen-bond acceptors (Lipinski definition) is 5. The van der Waals surface area contributed by atoms with Crippen molar-refractivity contribution in [3.63, 3.8) is 0 Å². The van der Waals surface area contributed by atoms with Crippen LogP contribution in [0.5, 0.6) is 6.01 Å². The molecule has 1 aromatic heterocycles. The van der Waals surface area contributed by atoms with E-state index in [1.807, 2.05) is 27.7 Å². The summed E-state index contributed by atoms with van der Waals surface area (Å²) in [4.78, 5) is 28.9. The molecule has 0 aliphatic heterocycles. The summed E-state index contributed by atoms with van der Waals surface area (Å²) in [6.45, 7) is 8.84. The van der Waals surface area contributed by atoms with Crippen molar-refractivity contribution in [2.75, 3.05) is 6.61 Å². The molecule has 0 spiro atoms. The van der Waals surface area contributed by atoms with Crippen LogP contribution in [-0.2, 0) is 24.3 Å². The molecule has 1 unspecified atom stereocenters. The lowest BCUT2D eigenvalue weighted by Gasteiger charge is -2.17. The molecule has 0 aliphatic rings. The van der Waals surface area contributed by atoms with Gasteiger partial charge >= 0.3 is 5.97 Å². The van der Waals surface area contributed by atoms with Crippen LogP contribution in [0.1, 0.15) is 67.8 Å². The number of aromatic nitrogens is 2. The molecule has 38 heavy (non-hydrogen) atoms. The van der Waals surface area contributed by atoms with E-state index in [2.05, 4.69) is 22.9 Å². The van der Waals surface area contributed by atoms with Gasteiger partial charge < -0.3 is 15.2 Å². The summed E-state index contributed by atoms with van der Waals surface area (Å²) in [5.74, 6) is -1.38. The van der Waals surface area contributed by atoms with Gasteiger partial charge in [0.1, 0.15) is 5.82 Å². The average Bonchev–Trinajstić information content (AvgIpc) is 3.22. The van der Waals surface area contributed by atoms with E-state index in [1.165, 1.54) is 12.1 Å². The van der Waals surface area contributed by atoms with Gasteiger partial charge in [0.05, 0.1) is 41.9 Å². The van der Waals surface area contributed by atoms with Gasteiger partial charge in [-0.25, -0.2) is 9.18 Å². The zero-order chi connectivity index (χ0) is 27.8. The highest BCUT2D eigenvalue weighted by atomic mass is 32.1. The lowest BCUT2D eigenvalue weighted by molar-refractivity contribution is -0.121. The predicted octanol–water partition coefficient (Wildman–Crippen LogP) is 5.75. The number of rotatable bonds is 13. The van der Waals surface area contributed by atoms with Gasteiger partial charge in [-0.15, -0.1) is 0 Å². The molecule has 204 valence electrons. The quantitative estimate of drug-likeness (QED) is 0.240. The first-order valence-electron chi connectivity index (χ1n) is 12.9. The Hall–Kier alpha value is -3.33. The Labute approximate surface area is 228 Å². The zero-order valence-electron chi connectivity index (χ0n) is 22.3. The van der Waals surface area contributed by atoms with Crippen LogP contribution in [0.2, 0.25) is 0 Å². The molecular formula is C29H36FN3O4S. The fourth-order valence-corrected chi connectivity index (χ4v) is 4.75. The third-order valence-electron chi connectivity index (χ3n) is 6.17. The summed E-state index contributed by atoms with van der Waals surface area (Å²) >= 11 is 4.44. The average molecular weight is 542 g/mol. The maximum Gasteiger partial charge on any atom is 0.336 e. The van der Waals surface area contributed by atoms with Crippen LogP contribution < -0.4 is 10.1 Å². The van der Waals surface area contributed by atoms with E-state index < -0.39 is 17.0 Å². The zero-order valence-corrected chi connectivity index (χ0v) is 23.2. The third-order valence-corrected chi connectivity index (χ3v) is 6.61. The Kier molecular flexibility index (Phi) is 10.4. The fourth-order valence-electron chi connectivity index (χ4n) is 4.24. The van der Waals surface area contributed by atoms with Gasteiger partial charge in [0.15, 0.2) is 0 Å². The highest BCUT2D eigenvalue weighted by Crippen LogP contribution is 2.28. The summed E-state index contributed by atoms with van der Waals surface area (Å²) in [5.41, 5.74) is 2.93. The summed E-state index contributed by atoms with van der Waals surface area (Å²) in [7, 11) is 0. The van der Waals surface area contributed by atoms with Crippen molar-refractivity contribution < 1.29 is 23.8 Å². The summed E-state index contributed by atoms with van der Waals surface area (Å²) in [6.07, 6.45) is 2.05. The number of imidazole rings is 1. The number of carbonyl (C=O) groups is 2. The van der Waals surface area contributed by atoms with Crippen molar-refractivity contribution in [3.8, 4) is 17.1 Å². The van der Waals surface area contributed by atoms with Gasteiger partial charge in [-0.05, 0) is 48.4 Å².